The summed E-state index contributed by atoms with van der Waals surface area (Å²) in [6.07, 6.45) is 3.19. The van der Waals surface area contributed by atoms with E-state index in [4.69, 9.17) is 21.2 Å². The molecule has 2 saturated carbocycles. The molecule has 278 valence electrons. The lowest BCUT2D eigenvalue weighted by molar-refractivity contribution is -0.145. The molecule has 2 aliphatic carbocycles. The monoisotopic (exact) mass is 733 g/mol. The molecule has 1 saturated heterocycles. The predicted octanol–water partition coefficient (Wildman–Crippen LogP) is 4.06. The zero-order valence-electron chi connectivity index (χ0n) is 30.6. The minimum absolute atomic E-state index is 0.00892. The van der Waals surface area contributed by atoms with Gasteiger partial charge in [0.1, 0.15) is 17.8 Å². The molecule has 2 aliphatic heterocycles. The number of Topliss-reactive ketones (excluding diaryl/α,β-unsaturated/α-hetero) is 1. The number of nitrogens with zero attached hydrogens (tertiary/aromatic N) is 2. The Morgan fingerprint density at radius 3 is 2.40 bits per heavy atom. The number of benzene rings is 2. The van der Waals surface area contributed by atoms with Gasteiger partial charge < -0.3 is 30.4 Å². The van der Waals surface area contributed by atoms with Gasteiger partial charge in [-0.15, -0.1) is 0 Å². The van der Waals surface area contributed by atoms with E-state index in [-0.39, 0.29) is 43.0 Å². The standard InChI is InChI=1S/C39H48ClN5O7/c1-21-14-24(16-27(40)32(21)51-6)29-18-39(52-44-29)19-30(35(48)42-28(15-22-12-13-22)31(46)36(49)41-5)45(20-39)37(50)33(38(2,3)4)43-34(47)26-17-25(26)23-10-8-7-9-11-23/h7-11,14,16,22,25-26,28,30,33H,12-13,15,17-20H2,1-6H3,(H,41,49)(H,42,48)(H,43,47)/t25-,26+,28+,30+,33-,39-/m1/s1. The third kappa shape index (κ3) is 7.82. The summed E-state index contributed by atoms with van der Waals surface area (Å²) in [5.41, 5.74) is 1.43. The SMILES string of the molecule is CNC(=O)C(=O)[C@H](CC1CC1)NC(=O)[C@@H]1C[C@]2(CC(c3cc(C)c(OC)c(Cl)c3)=NO2)CN1C(=O)[C@@H](NC(=O)[C@H]1C[C@@H]1c1ccccc1)C(C)(C)C. The highest BCUT2D eigenvalue weighted by Crippen LogP contribution is 2.48. The fraction of sp³-hybridized carbons (Fsp3) is 0.538. The quantitative estimate of drug-likeness (QED) is 0.278. The zero-order chi connectivity index (χ0) is 37.5. The number of carbonyl (C=O) groups excluding carboxylic acids is 5. The lowest BCUT2D eigenvalue weighted by Crippen LogP contribution is -2.59. The summed E-state index contributed by atoms with van der Waals surface area (Å²) in [5, 5.41) is 13.1. The molecule has 1 spiro atoms. The number of carbonyl (C=O) groups is 5. The van der Waals surface area contributed by atoms with E-state index in [0.717, 1.165) is 29.5 Å². The second-order valence-electron chi connectivity index (χ2n) is 15.8. The van der Waals surface area contributed by atoms with Crippen LogP contribution < -0.4 is 20.7 Å². The van der Waals surface area contributed by atoms with E-state index in [9.17, 15) is 24.0 Å². The molecule has 4 amide bonds. The number of methoxy groups -OCH3 is 1. The van der Waals surface area contributed by atoms with Crippen molar-refractivity contribution in [2.75, 3.05) is 20.7 Å². The van der Waals surface area contributed by atoms with Crippen LogP contribution in [0.2, 0.25) is 5.02 Å². The highest BCUT2D eigenvalue weighted by Gasteiger charge is 2.56. The van der Waals surface area contributed by atoms with Crippen molar-refractivity contribution < 1.29 is 33.5 Å². The maximum Gasteiger partial charge on any atom is 0.289 e. The fourth-order valence-electron chi connectivity index (χ4n) is 7.53. The summed E-state index contributed by atoms with van der Waals surface area (Å²) >= 11 is 6.51. The van der Waals surface area contributed by atoms with Crippen LogP contribution in [0.1, 0.15) is 81.9 Å². The number of halogens is 1. The topological polar surface area (TPSA) is 156 Å². The average molecular weight is 734 g/mol. The van der Waals surface area contributed by atoms with Gasteiger partial charge in [0.2, 0.25) is 23.5 Å². The van der Waals surface area contributed by atoms with E-state index in [1.807, 2.05) is 64.1 Å². The van der Waals surface area contributed by atoms with Crippen LogP contribution in [0.25, 0.3) is 0 Å². The van der Waals surface area contributed by atoms with Crippen LogP contribution in [0.5, 0.6) is 5.75 Å². The van der Waals surface area contributed by atoms with Gasteiger partial charge in [0.05, 0.1) is 30.4 Å². The molecule has 2 aromatic carbocycles. The second-order valence-corrected chi connectivity index (χ2v) is 16.2. The fourth-order valence-corrected chi connectivity index (χ4v) is 7.87. The Bertz CT molecular complexity index is 1770. The molecule has 6 atom stereocenters. The first kappa shape index (κ1) is 37.3. The van der Waals surface area contributed by atoms with Crippen LogP contribution in [0.3, 0.4) is 0 Å². The molecule has 13 heteroatoms. The molecule has 3 fully saturated rings. The number of rotatable bonds is 12. The van der Waals surface area contributed by atoms with Gasteiger partial charge in [-0.2, -0.15) is 0 Å². The number of likely N-dealkylation sites (tertiary alicyclic amines) is 1. The Labute approximate surface area is 309 Å². The first-order chi connectivity index (χ1) is 24.6. The molecule has 0 bridgehead atoms. The van der Waals surface area contributed by atoms with Gasteiger partial charge in [-0.05, 0) is 60.3 Å². The van der Waals surface area contributed by atoms with Crippen molar-refractivity contribution in [1.29, 1.82) is 0 Å². The minimum Gasteiger partial charge on any atom is -0.495 e. The van der Waals surface area contributed by atoms with Crippen molar-refractivity contribution in [2.24, 2.45) is 22.4 Å². The Hall–Kier alpha value is -4.45. The predicted molar refractivity (Wildman–Crippen MR) is 195 cm³/mol. The van der Waals surface area contributed by atoms with Gasteiger partial charge in [0.25, 0.3) is 5.91 Å². The number of hydrogen-bond acceptors (Lipinski definition) is 8. The van der Waals surface area contributed by atoms with Crippen molar-refractivity contribution in [3.05, 3.63) is 64.2 Å². The molecule has 12 nitrogen and oxygen atoms in total. The molecular formula is C39H48ClN5O7. The van der Waals surface area contributed by atoms with Crippen molar-refractivity contribution in [3.63, 3.8) is 0 Å². The number of nitrogens with one attached hydrogen (secondary N) is 3. The van der Waals surface area contributed by atoms with Crippen molar-refractivity contribution in [2.45, 2.75) is 95.9 Å². The summed E-state index contributed by atoms with van der Waals surface area (Å²) in [4.78, 5) is 75.7. The Morgan fingerprint density at radius 2 is 1.79 bits per heavy atom. The third-order valence-electron chi connectivity index (χ3n) is 10.7. The number of hydrogen-bond donors (Lipinski definition) is 3. The highest BCUT2D eigenvalue weighted by atomic mass is 35.5. The molecule has 2 aromatic rings. The number of aryl methyl sites for hydroxylation is 1. The average Bonchev–Trinajstić information content (AvgIpc) is 4.03. The number of oxime groups is 1. The summed E-state index contributed by atoms with van der Waals surface area (Å²) < 4.78 is 5.42. The zero-order valence-corrected chi connectivity index (χ0v) is 31.3. The number of ketones is 1. The van der Waals surface area contributed by atoms with Gasteiger partial charge in [0.15, 0.2) is 5.60 Å². The summed E-state index contributed by atoms with van der Waals surface area (Å²) in [5.74, 6) is -2.17. The molecule has 4 aliphatic rings. The maximum absolute atomic E-state index is 14.7. The summed E-state index contributed by atoms with van der Waals surface area (Å²) in [6.45, 7) is 7.49. The Kier molecular flexibility index (Phi) is 10.4. The van der Waals surface area contributed by atoms with Crippen LogP contribution in [0.4, 0.5) is 0 Å². The Morgan fingerprint density at radius 1 is 1.08 bits per heavy atom. The normalized spacial score (nSPS) is 24.7. The molecular weight excluding hydrogens is 686 g/mol. The number of ether oxygens (including phenoxy) is 1. The van der Waals surface area contributed by atoms with Gasteiger partial charge in [0, 0.05) is 31.4 Å². The van der Waals surface area contributed by atoms with E-state index in [1.165, 1.54) is 11.9 Å². The first-order valence-corrected chi connectivity index (χ1v) is 18.3. The van der Waals surface area contributed by atoms with Crippen molar-refractivity contribution >= 4 is 46.7 Å². The van der Waals surface area contributed by atoms with Crippen LogP contribution >= 0.6 is 11.6 Å². The van der Waals surface area contributed by atoms with E-state index in [2.05, 4.69) is 21.1 Å². The molecule has 0 unspecified atom stereocenters. The van der Waals surface area contributed by atoms with Crippen molar-refractivity contribution in [3.8, 4) is 5.75 Å². The van der Waals surface area contributed by atoms with E-state index in [1.54, 1.807) is 13.2 Å². The van der Waals surface area contributed by atoms with Gasteiger partial charge in [-0.3, -0.25) is 24.0 Å². The van der Waals surface area contributed by atoms with E-state index < -0.39 is 52.6 Å². The van der Waals surface area contributed by atoms with Crippen LogP contribution in [-0.2, 0) is 28.8 Å². The lowest BCUT2D eigenvalue weighted by Gasteiger charge is -2.35. The highest BCUT2D eigenvalue weighted by molar-refractivity contribution is 6.38. The second kappa shape index (κ2) is 14.5. The third-order valence-corrected chi connectivity index (χ3v) is 11.0. The van der Waals surface area contributed by atoms with Gasteiger partial charge in [-0.1, -0.05) is 80.7 Å². The molecule has 2 heterocycles. The maximum atomic E-state index is 14.7. The Balaban J connectivity index is 1.27. The molecule has 6 rings (SSSR count). The van der Waals surface area contributed by atoms with E-state index >= 15 is 0 Å². The molecule has 3 N–H and O–H groups in total. The minimum atomic E-state index is -1.07. The van der Waals surface area contributed by atoms with Crippen LogP contribution in [-0.4, -0.2) is 84.5 Å². The number of likely N-dealkylation sites (N-methyl/N-ethyl adjacent to an activating group) is 1. The van der Waals surface area contributed by atoms with E-state index in [0.29, 0.717) is 29.3 Å². The molecule has 0 radical (unpaired) electrons. The van der Waals surface area contributed by atoms with Crippen molar-refractivity contribution in [1.82, 2.24) is 20.9 Å². The molecule has 52 heavy (non-hydrogen) atoms. The van der Waals surface area contributed by atoms with Gasteiger partial charge in [-0.25, -0.2) is 0 Å². The smallest absolute Gasteiger partial charge is 0.289 e. The summed E-state index contributed by atoms with van der Waals surface area (Å²) in [7, 11) is 2.92. The lowest BCUT2D eigenvalue weighted by atomic mass is 9.85. The largest absolute Gasteiger partial charge is 0.495 e. The molecule has 0 aromatic heterocycles. The number of amides is 4. The summed E-state index contributed by atoms with van der Waals surface area (Å²) in [6, 6.07) is 10.4. The van der Waals surface area contributed by atoms with Gasteiger partial charge >= 0.3 is 0 Å². The first-order valence-electron chi connectivity index (χ1n) is 18.0. The van der Waals surface area contributed by atoms with Crippen LogP contribution in [0, 0.1) is 24.2 Å². The van der Waals surface area contributed by atoms with Crippen LogP contribution in [0.15, 0.2) is 47.6 Å².